The molecule has 3 heteroatoms. The van der Waals surface area contributed by atoms with Crippen LogP contribution in [0.4, 0.5) is 0 Å². The van der Waals surface area contributed by atoms with Crippen LogP contribution in [0, 0.1) is 11.3 Å². The summed E-state index contributed by atoms with van der Waals surface area (Å²) < 4.78 is 5.48. The predicted molar refractivity (Wildman–Crippen MR) is 81.3 cm³/mol. The van der Waals surface area contributed by atoms with Gasteiger partial charge in [0.2, 0.25) is 0 Å². The third-order valence-electron chi connectivity index (χ3n) is 4.62. The van der Waals surface area contributed by atoms with Gasteiger partial charge < -0.3 is 9.84 Å². The Bertz CT molecular complexity index is 404. The molecule has 0 aromatic rings. The quantitative estimate of drug-likeness (QED) is 0.618. The van der Waals surface area contributed by atoms with Crippen LogP contribution in [0.15, 0.2) is 24.3 Å². The third kappa shape index (κ3) is 3.95. The number of aliphatic hydroxyl groups is 1. The van der Waals surface area contributed by atoms with Crippen molar-refractivity contribution < 1.29 is 14.6 Å². The minimum absolute atomic E-state index is 0.0950. The molecule has 1 aliphatic rings. The Kier molecular flexibility index (Phi) is 5.20. The van der Waals surface area contributed by atoms with Gasteiger partial charge in [-0.05, 0) is 32.6 Å². The van der Waals surface area contributed by atoms with Crippen molar-refractivity contribution in [3.63, 3.8) is 0 Å². The third-order valence-corrected chi connectivity index (χ3v) is 4.62. The summed E-state index contributed by atoms with van der Waals surface area (Å²) in [6, 6.07) is 0. The average molecular weight is 280 g/mol. The van der Waals surface area contributed by atoms with Crippen LogP contribution >= 0.6 is 0 Å². The van der Waals surface area contributed by atoms with E-state index < -0.39 is 5.60 Å². The maximum atomic E-state index is 11.3. The summed E-state index contributed by atoms with van der Waals surface area (Å²) in [6.07, 6.45) is 5.93. The van der Waals surface area contributed by atoms with Crippen LogP contribution in [0.3, 0.4) is 0 Å². The lowest BCUT2D eigenvalue weighted by atomic mass is 9.64. The number of ether oxygens (including phenoxy) is 1. The Morgan fingerprint density at radius 3 is 2.75 bits per heavy atom. The molecule has 1 N–H and O–H groups in total. The number of hydrogen-bond donors (Lipinski definition) is 1. The first-order chi connectivity index (χ1) is 9.10. The molecular weight excluding hydrogens is 252 g/mol. The van der Waals surface area contributed by atoms with Gasteiger partial charge in [-0.15, -0.1) is 6.58 Å². The van der Waals surface area contributed by atoms with Crippen molar-refractivity contribution in [1.82, 2.24) is 0 Å². The highest BCUT2D eigenvalue weighted by Crippen LogP contribution is 2.45. The molecule has 0 radical (unpaired) electrons. The Balaban J connectivity index is 2.86. The van der Waals surface area contributed by atoms with Crippen molar-refractivity contribution in [2.45, 2.75) is 65.6 Å². The fourth-order valence-electron chi connectivity index (χ4n) is 3.09. The molecule has 3 unspecified atom stereocenters. The van der Waals surface area contributed by atoms with E-state index in [4.69, 9.17) is 4.74 Å². The maximum Gasteiger partial charge on any atom is 0.302 e. The summed E-state index contributed by atoms with van der Waals surface area (Å²) >= 11 is 0. The molecule has 0 bridgehead atoms. The Labute approximate surface area is 122 Å². The number of carbonyl (C=O) groups excluding carboxylic acids is 1. The predicted octanol–water partition coefficient (Wildman–Crippen LogP) is 3.63. The largest absolute Gasteiger partial charge is 0.462 e. The molecule has 0 aliphatic heterocycles. The molecule has 0 aromatic heterocycles. The van der Waals surface area contributed by atoms with Gasteiger partial charge in [0.1, 0.15) is 6.10 Å². The van der Waals surface area contributed by atoms with Gasteiger partial charge in [-0.1, -0.05) is 31.6 Å². The van der Waals surface area contributed by atoms with Gasteiger partial charge in [0.15, 0.2) is 0 Å². The molecule has 0 heterocycles. The fraction of sp³-hybridized carbons (Fsp3) is 0.706. The molecule has 0 fully saturated rings. The topological polar surface area (TPSA) is 46.5 Å². The summed E-state index contributed by atoms with van der Waals surface area (Å²) in [5, 5.41) is 10.1. The second kappa shape index (κ2) is 6.13. The molecule has 0 saturated carbocycles. The van der Waals surface area contributed by atoms with Crippen molar-refractivity contribution in [2.75, 3.05) is 0 Å². The van der Waals surface area contributed by atoms with E-state index in [-0.39, 0.29) is 17.5 Å². The first-order valence-corrected chi connectivity index (χ1v) is 7.30. The van der Waals surface area contributed by atoms with Crippen LogP contribution < -0.4 is 0 Å². The zero-order valence-corrected chi connectivity index (χ0v) is 13.4. The van der Waals surface area contributed by atoms with Crippen molar-refractivity contribution in [2.24, 2.45) is 11.3 Å². The minimum Gasteiger partial charge on any atom is -0.462 e. The van der Waals surface area contributed by atoms with Gasteiger partial charge in [-0.2, -0.15) is 0 Å². The normalized spacial score (nSPS) is 28.2. The van der Waals surface area contributed by atoms with Crippen LogP contribution in [0.5, 0.6) is 0 Å². The lowest BCUT2D eigenvalue weighted by Crippen LogP contribution is -2.43. The standard InChI is InChI=1S/C17H28O3/c1-7-17(6,19)11-10-14-12(2)8-9-15(16(14,4)5)20-13(3)18/h7-8,14-15,19H,1,9-11H2,2-6H3. The highest BCUT2D eigenvalue weighted by molar-refractivity contribution is 5.66. The van der Waals surface area contributed by atoms with Gasteiger partial charge >= 0.3 is 5.97 Å². The zero-order valence-electron chi connectivity index (χ0n) is 13.4. The number of carbonyl (C=O) groups is 1. The summed E-state index contributed by atoms with van der Waals surface area (Å²) in [6.45, 7) is 13.3. The number of allylic oxidation sites excluding steroid dienone is 1. The highest BCUT2D eigenvalue weighted by atomic mass is 16.5. The van der Waals surface area contributed by atoms with E-state index in [0.717, 1.165) is 12.8 Å². The second-order valence-electron chi connectivity index (χ2n) is 6.76. The van der Waals surface area contributed by atoms with Gasteiger partial charge in [-0.3, -0.25) is 4.79 Å². The molecule has 114 valence electrons. The zero-order chi connectivity index (χ0) is 15.6. The molecule has 0 amide bonds. The highest BCUT2D eigenvalue weighted by Gasteiger charge is 2.42. The van der Waals surface area contributed by atoms with Crippen molar-refractivity contribution in [1.29, 1.82) is 0 Å². The van der Waals surface area contributed by atoms with Gasteiger partial charge in [0.25, 0.3) is 0 Å². The minimum atomic E-state index is -0.843. The second-order valence-corrected chi connectivity index (χ2v) is 6.76. The lowest BCUT2D eigenvalue weighted by molar-refractivity contribution is -0.155. The summed E-state index contributed by atoms with van der Waals surface area (Å²) in [7, 11) is 0. The summed E-state index contributed by atoms with van der Waals surface area (Å²) in [5.74, 6) is 0.0693. The molecule has 1 rings (SSSR count). The van der Waals surface area contributed by atoms with Crippen LogP contribution in [-0.4, -0.2) is 22.8 Å². The van der Waals surface area contributed by atoms with E-state index in [1.165, 1.54) is 12.5 Å². The average Bonchev–Trinajstić information content (AvgIpc) is 2.32. The lowest BCUT2D eigenvalue weighted by Gasteiger charge is -2.44. The van der Waals surface area contributed by atoms with E-state index in [1.54, 1.807) is 13.0 Å². The van der Waals surface area contributed by atoms with E-state index in [9.17, 15) is 9.90 Å². The van der Waals surface area contributed by atoms with Gasteiger partial charge in [0, 0.05) is 18.8 Å². The molecule has 0 saturated heterocycles. The molecule has 0 spiro atoms. The van der Waals surface area contributed by atoms with Crippen LogP contribution in [0.25, 0.3) is 0 Å². The van der Waals surface area contributed by atoms with Gasteiger partial charge in [-0.25, -0.2) is 0 Å². The smallest absolute Gasteiger partial charge is 0.302 e. The Morgan fingerprint density at radius 1 is 1.65 bits per heavy atom. The van der Waals surface area contributed by atoms with E-state index >= 15 is 0 Å². The SMILES string of the molecule is C=CC(C)(O)CCC1C(C)=CCC(OC(C)=O)C1(C)C. The number of esters is 1. The maximum absolute atomic E-state index is 11.3. The first-order valence-electron chi connectivity index (χ1n) is 7.30. The van der Waals surface area contributed by atoms with Crippen LogP contribution in [-0.2, 0) is 9.53 Å². The molecule has 1 aliphatic carbocycles. The summed E-state index contributed by atoms with van der Waals surface area (Å²) in [4.78, 5) is 11.3. The van der Waals surface area contributed by atoms with Crippen molar-refractivity contribution >= 4 is 5.97 Å². The number of hydrogen-bond acceptors (Lipinski definition) is 3. The molecule has 3 nitrogen and oxygen atoms in total. The van der Waals surface area contributed by atoms with Crippen LogP contribution in [0.1, 0.15) is 53.9 Å². The van der Waals surface area contributed by atoms with E-state index in [1.807, 2.05) is 0 Å². The fourth-order valence-corrected chi connectivity index (χ4v) is 3.09. The molecule has 3 atom stereocenters. The Morgan fingerprint density at radius 2 is 2.25 bits per heavy atom. The number of rotatable bonds is 5. The molecule has 20 heavy (non-hydrogen) atoms. The van der Waals surface area contributed by atoms with Crippen molar-refractivity contribution in [3.8, 4) is 0 Å². The molecular formula is C17H28O3. The van der Waals surface area contributed by atoms with Gasteiger partial charge in [0.05, 0.1) is 5.60 Å². The van der Waals surface area contributed by atoms with Crippen LogP contribution in [0.2, 0.25) is 0 Å². The summed E-state index contributed by atoms with van der Waals surface area (Å²) in [5.41, 5.74) is 0.352. The first kappa shape index (κ1) is 17.0. The Hall–Kier alpha value is -1.09. The van der Waals surface area contributed by atoms with E-state index in [2.05, 4.69) is 33.4 Å². The van der Waals surface area contributed by atoms with Crippen molar-refractivity contribution in [3.05, 3.63) is 24.3 Å². The monoisotopic (exact) mass is 280 g/mol. The van der Waals surface area contributed by atoms with E-state index in [0.29, 0.717) is 12.3 Å². The molecule has 0 aromatic carbocycles.